The van der Waals surface area contributed by atoms with Gasteiger partial charge in [-0.1, -0.05) is 12.1 Å². The van der Waals surface area contributed by atoms with Crippen molar-refractivity contribution in [2.75, 3.05) is 0 Å². The molecule has 2 amide bonds. The number of nitrogens with one attached hydrogen (secondary N) is 2. The highest BCUT2D eigenvalue weighted by atomic mass is 19.1. The molecule has 6 nitrogen and oxygen atoms in total. The summed E-state index contributed by atoms with van der Waals surface area (Å²) in [5, 5.41) is 0. The number of nitrogens with zero attached hydrogens (tertiary/aromatic N) is 1. The largest absolute Gasteiger partial charge is 0.478 e. The van der Waals surface area contributed by atoms with Gasteiger partial charge in [-0.3, -0.25) is 25.4 Å². The van der Waals surface area contributed by atoms with Crippen molar-refractivity contribution in [3.8, 4) is 5.75 Å². The summed E-state index contributed by atoms with van der Waals surface area (Å²) in [7, 11) is 0. The molecule has 0 bridgehead atoms. The zero-order valence-electron chi connectivity index (χ0n) is 12.7. The fraction of sp³-hybridized carbons (Fsp3) is 0.188. The monoisotopic (exact) mass is 317 g/mol. The Morgan fingerprint density at radius 2 is 1.91 bits per heavy atom. The summed E-state index contributed by atoms with van der Waals surface area (Å²) < 4.78 is 18.7. The number of aromatic nitrogens is 1. The van der Waals surface area contributed by atoms with Crippen LogP contribution in [0.25, 0.3) is 0 Å². The first-order valence-corrected chi connectivity index (χ1v) is 6.91. The molecule has 0 radical (unpaired) electrons. The quantitative estimate of drug-likeness (QED) is 0.842. The molecule has 0 aliphatic carbocycles. The fourth-order valence-corrected chi connectivity index (χ4v) is 1.68. The van der Waals surface area contributed by atoms with Gasteiger partial charge in [0, 0.05) is 11.9 Å². The van der Waals surface area contributed by atoms with Crippen LogP contribution < -0.4 is 15.6 Å². The number of carbonyl (C=O) groups is 2. The summed E-state index contributed by atoms with van der Waals surface area (Å²) in [5.74, 6) is -1.73. The predicted octanol–water partition coefficient (Wildman–Crippen LogP) is 1.76. The Kier molecular flexibility index (Phi) is 5.24. The van der Waals surface area contributed by atoms with Crippen LogP contribution >= 0.6 is 0 Å². The Morgan fingerprint density at radius 3 is 2.57 bits per heavy atom. The smallest absolute Gasteiger partial charge is 0.279 e. The summed E-state index contributed by atoms with van der Waals surface area (Å²) in [5.41, 5.74) is 5.55. The molecule has 0 spiro atoms. The number of rotatable bonds is 4. The van der Waals surface area contributed by atoms with E-state index in [0.29, 0.717) is 5.56 Å². The van der Waals surface area contributed by atoms with Crippen LogP contribution in [0.5, 0.6) is 5.75 Å². The number of carbonyl (C=O) groups excluding carboxylic acids is 2. The minimum absolute atomic E-state index is 0.0378. The minimum Gasteiger partial charge on any atom is -0.478 e. The molecule has 120 valence electrons. The van der Waals surface area contributed by atoms with Crippen LogP contribution in [0.1, 0.15) is 23.0 Å². The Bertz CT molecular complexity index is 704. The Balaban J connectivity index is 1.87. The van der Waals surface area contributed by atoms with E-state index in [2.05, 4.69) is 15.8 Å². The molecule has 0 aliphatic rings. The van der Waals surface area contributed by atoms with Crippen molar-refractivity contribution in [1.29, 1.82) is 0 Å². The number of hydrogen-bond acceptors (Lipinski definition) is 4. The van der Waals surface area contributed by atoms with Crippen molar-refractivity contribution in [3.05, 3.63) is 59.7 Å². The minimum atomic E-state index is -0.983. The molecule has 1 aromatic carbocycles. The van der Waals surface area contributed by atoms with Crippen molar-refractivity contribution in [3.63, 3.8) is 0 Å². The first-order valence-electron chi connectivity index (χ1n) is 6.91. The summed E-state index contributed by atoms with van der Waals surface area (Å²) in [6, 6.07) is 9.02. The van der Waals surface area contributed by atoms with E-state index in [-0.39, 0.29) is 5.75 Å². The van der Waals surface area contributed by atoms with Gasteiger partial charge in [0.25, 0.3) is 11.8 Å². The molecule has 2 N–H and O–H groups in total. The standard InChI is InChI=1S/C16H16FN3O3/c1-10-7-8-12(9-18-10)16(22)20-19-15(21)11(2)23-14-6-4-3-5-13(14)17/h3-9,11H,1-2H3,(H,19,21)(H,20,22). The second kappa shape index (κ2) is 7.35. The third kappa shape index (κ3) is 4.50. The van der Waals surface area contributed by atoms with Gasteiger partial charge >= 0.3 is 0 Å². The molecule has 1 heterocycles. The zero-order valence-corrected chi connectivity index (χ0v) is 12.7. The molecule has 0 fully saturated rings. The lowest BCUT2D eigenvalue weighted by Crippen LogP contribution is -2.47. The Morgan fingerprint density at radius 1 is 1.17 bits per heavy atom. The lowest BCUT2D eigenvalue weighted by atomic mass is 10.2. The van der Waals surface area contributed by atoms with E-state index in [4.69, 9.17) is 4.74 Å². The van der Waals surface area contributed by atoms with Gasteiger partial charge in [-0.2, -0.15) is 0 Å². The third-order valence-electron chi connectivity index (χ3n) is 2.98. The highest BCUT2D eigenvalue weighted by Crippen LogP contribution is 2.16. The number of para-hydroxylation sites is 1. The van der Waals surface area contributed by atoms with Crippen LogP contribution in [0.2, 0.25) is 0 Å². The number of pyridine rings is 1. The van der Waals surface area contributed by atoms with Gasteiger partial charge in [-0.15, -0.1) is 0 Å². The molecule has 2 rings (SSSR count). The van der Waals surface area contributed by atoms with E-state index in [9.17, 15) is 14.0 Å². The van der Waals surface area contributed by atoms with Crippen LogP contribution in [0.15, 0.2) is 42.6 Å². The molecule has 2 aromatic rings. The molecular weight excluding hydrogens is 301 g/mol. The average Bonchev–Trinajstić information content (AvgIpc) is 2.55. The number of amides is 2. The van der Waals surface area contributed by atoms with Gasteiger partial charge in [0.15, 0.2) is 17.7 Å². The van der Waals surface area contributed by atoms with Crippen LogP contribution in [-0.2, 0) is 4.79 Å². The maximum atomic E-state index is 13.4. The number of ether oxygens (including phenoxy) is 1. The van der Waals surface area contributed by atoms with Crippen LogP contribution in [0.3, 0.4) is 0 Å². The molecule has 0 saturated carbocycles. The zero-order chi connectivity index (χ0) is 16.8. The van der Waals surface area contributed by atoms with E-state index >= 15 is 0 Å². The van der Waals surface area contributed by atoms with Crippen LogP contribution in [0.4, 0.5) is 4.39 Å². The number of benzene rings is 1. The normalized spacial score (nSPS) is 11.4. The maximum absolute atomic E-state index is 13.4. The second-order valence-corrected chi connectivity index (χ2v) is 4.82. The van der Waals surface area contributed by atoms with E-state index in [0.717, 1.165) is 5.69 Å². The van der Waals surface area contributed by atoms with Crippen LogP contribution in [0, 0.1) is 12.7 Å². The molecule has 1 unspecified atom stereocenters. The molecule has 7 heteroatoms. The van der Waals surface area contributed by atoms with Crippen molar-refractivity contribution in [1.82, 2.24) is 15.8 Å². The molecule has 1 atom stereocenters. The van der Waals surface area contributed by atoms with E-state index in [1.807, 2.05) is 0 Å². The number of hydrazine groups is 1. The number of hydrogen-bond donors (Lipinski definition) is 2. The van der Waals surface area contributed by atoms with E-state index < -0.39 is 23.7 Å². The highest BCUT2D eigenvalue weighted by molar-refractivity contribution is 5.95. The lowest BCUT2D eigenvalue weighted by Gasteiger charge is -2.15. The molecular formula is C16H16FN3O3. The molecule has 1 aromatic heterocycles. The van der Waals surface area contributed by atoms with Crippen molar-refractivity contribution in [2.24, 2.45) is 0 Å². The van der Waals surface area contributed by atoms with Gasteiger partial charge in [0.2, 0.25) is 0 Å². The fourth-order valence-electron chi connectivity index (χ4n) is 1.68. The SMILES string of the molecule is Cc1ccc(C(=O)NNC(=O)C(C)Oc2ccccc2F)cn1. The maximum Gasteiger partial charge on any atom is 0.279 e. The van der Waals surface area contributed by atoms with E-state index in [1.54, 1.807) is 25.1 Å². The third-order valence-corrected chi connectivity index (χ3v) is 2.98. The first-order chi connectivity index (χ1) is 11.0. The van der Waals surface area contributed by atoms with Gasteiger partial charge in [0.1, 0.15) is 0 Å². The van der Waals surface area contributed by atoms with Crippen molar-refractivity contribution < 1.29 is 18.7 Å². The lowest BCUT2D eigenvalue weighted by molar-refractivity contribution is -0.128. The van der Waals surface area contributed by atoms with Crippen molar-refractivity contribution in [2.45, 2.75) is 20.0 Å². The summed E-state index contributed by atoms with van der Waals surface area (Å²) >= 11 is 0. The highest BCUT2D eigenvalue weighted by Gasteiger charge is 2.17. The van der Waals surface area contributed by atoms with Gasteiger partial charge in [-0.25, -0.2) is 4.39 Å². The Labute approximate surface area is 132 Å². The molecule has 0 aliphatic heterocycles. The van der Waals surface area contributed by atoms with Gasteiger partial charge in [0.05, 0.1) is 5.56 Å². The molecule has 23 heavy (non-hydrogen) atoms. The number of aryl methyl sites for hydroxylation is 1. The predicted molar refractivity (Wildman–Crippen MR) is 81.1 cm³/mol. The van der Waals surface area contributed by atoms with E-state index in [1.165, 1.54) is 31.3 Å². The van der Waals surface area contributed by atoms with Gasteiger partial charge in [-0.05, 0) is 38.1 Å². The summed E-state index contributed by atoms with van der Waals surface area (Å²) in [6.07, 6.45) is 0.416. The molecule has 0 saturated heterocycles. The Hall–Kier alpha value is -2.96. The average molecular weight is 317 g/mol. The summed E-state index contributed by atoms with van der Waals surface area (Å²) in [6.45, 7) is 3.24. The van der Waals surface area contributed by atoms with Crippen molar-refractivity contribution >= 4 is 11.8 Å². The summed E-state index contributed by atoms with van der Waals surface area (Å²) in [4.78, 5) is 27.7. The number of halogens is 1. The van der Waals surface area contributed by atoms with Crippen LogP contribution in [-0.4, -0.2) is 22.9 Å². The topological polar surface area (TPSA) is 80.3 Å². The first kappa shape index (κ1) is 16.4. The second-order valence-electron chi connectivity index (χ2n) is 4.82. The van der Waals surface area contributed by atoms with Gasteiger partial charge < -0.3 is 4.74 Å².